The maximum absolute atomic E-state index is 13.5. The topological polar surface area (TPSA) is 27.0 Å². The third-order valence-electron chi connectivity index (χ3n) is 2.70. The molecule has 0 heterocycles. The fourth-order valence-electron chi connectivity index (χ4n) is 1.56. The summed E-state index contributed by atoms with van der Waals surface area (Å²) in [6, 6.07) is 8.88. The molecule has 0 radical (unpaired) electrons. The highest BCUT2D eigenvalue weighted by atomic mass is 19.1. The van der Waals surface area contributed by atoms with Crippen molar-refractivity contribution in [3.63, 3.8) is 0 Å². The Hall–Kier alpha value is -1.56. The first-order valence-corrected chi connectivity index (χ1v) is 5.41. The molecule has 0 bridgehead atoms. The van der Waals surface area contributed by atoms with E-state index in [0.29, 0.717) is 12.2 Å². The minimum atomic E-state index is -0.245. The Morgan fingerprint density at radius 3 is 2.50 bits per heavy atom. The molecule has 1 rings (SSSR count). The zero-order valence-electron chi connectivity index (χ0n) is 9.94. The minimum Gasteiger partial charge on any atom is -0.371 e. The Bertz CT molecular complexity index is 382. The summed E-state index contributed by atoms with van der Waals surface area (Å²) in [6.45, 7) is 4.56. The maximum atomic E-state index is 13.5. The zero-order valence-corrected chi connectivity index (χ0v) is 9.94. The van der Waals surface area contributed by atoms with Crippen LogP contribution in [0.1, 0.15) is 13.8 Å². The van der Waals surface area contributed by atoms with Gasteiger partial charge in [0.2, 0.25) is 0 Å². The first-order chi connectivity index (χ1) is 7.56. The zero-order chi connectivity index (χ0) is 12.1. The number of halogens is 1. The van der Waals surface area contributed by atoms with E-state index >= 15 is 0 Å². The molecule has 0 N–H and O–H groups in total. The number of nitriles is 1. The van der Waals surface area contributed by atoms with Gasteiger partial charge in [0.1, 0.15) is 5.82 Å². The Morgan fingerprint density at radius 1 is 1.38 bits per heavy atom. The summed E-state index contributed by atoms with van der Waals surface area (Å²) in [6.07, 6.45) is 0. The van der Waals surface area contributed by atoms with Gasteiger partial charge < -0.3 is 4.90 Å². The van der Waals surface area contributed by atoms with Crippen LogP contribution in [-0.4, -0.2) is 13.6 Å². The molecule has 86 valence electrons. The van der Waals surface area contributed by atoms with Gasteiger partial charge in [0.15, 0.2) is 0 Å². The summed E-state index contributed by atoms with van der Waals surface area (Å²) in [5.41, 5.74) is 0.545. The lowest BCUT2D eigenvalue weighted by Crippen LogP contribution is -2.28. The standard InChI is InChI=1S/C13H17FN2/c1-10(2)11(8-15)9-16(3)13-7-5-4-6-12(13)14/h4-7,10-11H,9H2,1-3H3. The summed E-state index contributed by atoms with van der Waals surface area (Å²) >= 11 is 0. The van der Waals surface area contributed by atoms with Crippen LogP contribution in [0.2, 0.25) is 0 Å². The summed E-state index contributed by atoms with van der Waals surface area (Å²) in [4.78, 5) is 1.79. The van der Waals surface area contributed by atoms with Gasteiger partial charge in [-0.3, -0.25) is 0 Å². The lowest BCUT2D eigenvalue weighted by molar-refractivity contribution is 0.474. The SMILES string of the molecule is CC(C)C(C#N)CN(C)c1ccccc1F. The van der Waals surface area contributed by atoms with E-state index in [-0.39, 0.29) is 17.7 Å². The lowest BCUT2D eigenvalue weighted by atomic mass is 9.97. The van der Waals surface area contributed by atoms with Crippen molar-refractivity contribution in [2.75, 3.05) is 18.5 Å². The van der Waals surface area contributed by atoms with E-state index in [2.05, 4.69) is 6.07 Å². The van der Waals surface area contributed by atoms with Crippen LogP contribution in [0.25, 0.3) is 0 Å². The van der Waals surface area contributed by atoms with Crippen LogP contribution in [-0.2, 0) is 0 Å². The molecule has 0 aliphatic heterocycles. The van der Waals surface area contributed by atoms with E-state index in [1.807, 2.05) is 20.9 Å². The summed E-state index contributed by atoms with van der Waals surface area (Å²) < 4.78 is 13.5. The molecule has 16 heavy (non-hydrogen) atoms. The van der Waals surface area contributed by atoms with Crippen molar-refractivity contribution in [3.8, 4) is 6.07 Å². The van der Waals surface area contributed by atoms with E-state index in [1.165, 1.54) is 6.07 Å². The molecule has 2 nitrogen and oxygen atoms in total. The van der Waals surface area contributed by atoms with Gasteiger partial charge in [0.25, 0.3) is 0 Å². The molecule has 0 amide bonds. The van der Waals surface area contributed by atoms with Crippen LogP contribution in [0.15, 0.2) is 24.3 Å². The van der Waals surface area contributed by atoms with Crippen LogP contribution in [0, 0.1) is 29.0 Å². The highest BCUT2D eigenvalue weighted by Gasteiger charge is 2.16. The molecule has 1 unspecified atom stereocenters. The molecular weight excluding hydrogens is 203 g/mol. The summed E-state index contributed by atoms with van der Waals surface area (Å²) in [7, 11) is 1.81. The molecule has 0 aromatic heterocycles. The smallest absolute Gasteiger partial charge is 0.146 e. The van der Waals surface area contributed by atoms with Crippen molar-refractivity contribution < 1.29 is 4.39 Å². The predicted molar refractivity (Wildman–Crippen MR) is 63.6 cm³/mol. The van der Waals surface area contributed by atoms with Gasteiger partial charge in [-0.1, -0.05) is 26.0 Å². The van der Waals surface area contributed by atoms with E-state index < -0.39 is 0 Å². The fourth-order valence-corrected chi connectivity index (χ4v) is 1.56. The number of anilines is 1. The fraction of sp³-hybridized carbons (Fsp3) is 0.462. The third kappa shape index (κ3) is 2.96. The van der Waals surface area contributed by atoms with Gasteiger partial charge in [-0.25, -0.2) is 4.39 Å². The van der Waals surface area contributed by atoms with Crippen LogP contribution in [0.5, 0.6) is 0 Å². The van der Waals surface area contributed by atoms with Crippen molar-refractivity contribution in [3.05, 3.63) is 30.1 Å². The van der Waals surface area contributed by atoms with Gasteiger partial charge in [-0.05, 0) is 18.1 Å². The number of hydrogen-bond acceptors (Lipinski definition) is 2. The first kappa shape index (κ1) is 12.5. The van der Waals surface area contributed by atoms with Gasteiger partial charge in [-0.2, -0.15) is 5.26 Å². The Kier molecular flexibility index (Phi) is 4.30. The van der Waals surface area contributed by atoms with E-state index in [4.69, 9.17) is 5.26 Å². The monoisotopic (exact) mass is 220 g/mol. The average Bonchev–Trinajstić information content (AvgIpc) is 2.25. The van der Waals surface area contributed by atoms with Crippen molar-refractivity contribution in [1.29, 1.82) is 5.26 Å². The second-order valence-electron chi connectivity index (χ2n) is 4.31. The van der Waals surface area contributed by atoms with Gasteiger partial charge in [0, 0.05) is 13.6 Å². The van der Waals surface area contributed by atoms with Crippen molar-refractivity contribution in [1.82, 2.24) is 0 Å². The van der Waals surface area contributed by atoms with Crippen molar-refractivity contribution in [2.24, 2.45) is 11.8 Å². The number of hydrogen-bond donors (Lipinski definition) is 0. The third-order valence-corrected chi connectivity index (χ3v) is 2.70. The van der Waals surface area contributed by atoms with Crippen LogP contribution in [0.3, 0.4) is 0 Å². The number of rotatable bonds is 4. The molecule has 0 spiro atoms. The number of benzene rings is 1. The van der Waals surface area contributed by atoms with Crippen molar-refractivity contribution >= 4 is 5.69 Å². The van der Waals surface area contributed by atoms with Gasteiger partial charge in [-0.15, -0.1) is 0 Å². The van der Waals surface area contributed by atoms with Gasteiger partial charge >= 0.3 is 0 Å². The highest BCUT2D eigenvalue weighted by molar-refractivity contribution is 5.46. The molecule has 3 heteroatoms. The lowest BCUT2D eigenvalue weighted by Gasteiger charge is -2.24. The number of para-hydroxylation sites is 1. The van der Waals surface area contributed by atoms with E-state index in [9.17, 15) is 4.39 Å². The Balaban J connectivity index is 2.77. The van der Waals surface area contributed by atoms with Crippen molar-refractivity contribution in [2.45, 2.75) is 13.8 Å². The second kappa shape index (κ2) is 5.50. The molecule has 0 aliphatic rings. The second-order valence-corrected chi connectivity index (χ2v) is 4.31. The molecule has 1 atom stereocenters. The van der Waals surface area contributed by atoms with E-state index in [1.54, 1.807) is 23.1 Å². The van der Waals surface area contributed by atoms with Crippen LogP contribution in [0.4, 0.5) is 10.1 Å². The molecule has 0 fully saturated rings. The molecular formula is C13H17FN2. The summed E-state index contributed by atoms with van der Waals surface area (Å²) in [5, 5.41) is 8.99. The van der Waals surface area contributed by atoms with Gasteiger partial charge in [0.05, 0.1) is 17.7 Å². The minimum absolute atomic E-state index is 0.0791. The molecule has 1 aromatic carbocycles. The van der Waals surface area contributed by atoms with E-state index in [0.717, 1.165) is 0 Å². The predicted octanol–water partition coefficient (Wildman–Crippen LogP) is 3.06. The first-order valence-electron chi connectivity index (χ1n) is 5.41. The van der Waals surface area contributed by atoms with Crippen LogP contribution < -0.4 is 4.90 Å². The highest BCUT2D eigenvalue weighted by Crippen LogP contribution is 2.20. The largest absolute Gasteiger partial charge is 0.371 e. The van der Waals surface area contributed by atoms with Crippen LogP contribution >= 0.6 is 0 Å². The maximum Gasteiger partial charge on any atom is 0.146 e. The molecule has 0 saturated carbocycles. The molecule has 1 aromatic rings. The molecule has 0 saturated heterocycles. The quantitative estimate of drug-likeness (QED) is 0.779. The Labute approximate surface area is 96.3 Å². The average molecular weight is 220 g/mol. The summed E-state index contributed by atoms with van der Waals surface area (Å²) in [5.74, 6) is -0.0470. The molecule has 0 aliphatic carbocycles. The number of nitrogens with zero attached hydrogens (tertiary/aromatic N) is 2. The Morgan fingerprint density at radius 2 is 2.00 bits per heavy atom. The normalized spacial score (nSPS) is 12.2.